The monoisotopic (exact) mass is 484 g/mol. The number of pyridine rings is 1. The summed E-state index contributed by atoms with van der Waals surface area (Å²) in [5.74, 6) is -0.155. The Balaban J connectivity index is 1.53. The van der Waals surface area contributed by atoms with Gasteiger partial charge >= 0.3 is 11.6 Å². The van der Waals surface area contributed by atoms with E-state index >= 15 is 0 Å². The van der Waals surface area contributed by atoms with Gasteiger partial charge in [0.1, 0.15) is 11.3 Å². The number of hydrogen-bond acceptors (Lipinski definition) is 7. The lowest BCUT2D eigenvalue weighted by Gasteiger charge is -2.42. The molecule has 0 amide bonds. The lowest BCUT2D eigenvalue weighted by molar-refractivity contribution is -0.139. The van der Waals surface area contributed by atoms with E-state index in [-0.39, 0.29) is 39.8 Å². The van der Waals surface area contributed by atoms with Crippen molar-refractivity contribution in [1.82, 2.24) is 9.47 Å². The number of hydrogen-bond donors (Lipinski definition) is 1. The van der Waals surface area contributed by atoms with Crippen LogP contribution in [0.2, 0.25) is 5.02 Å². The first-order chi connectivity index (χ1) is 16.3. The van der Waals surface area contributed by atoms with Crippen LogP contribution in [0, 0.1) is 12.8 Å². The average molecular weight is 485 g/mol. The van der Waals surface area contributed by atoms with Gasteiger partial charge < -0.3 is 18.8 Å². The van der Waals surface area contributed by atoms with Crippen LogP contribution in [0.25, 0.3) is 11.0 Å². The summed E-state index contributed by atoms with van der Waals surface area (Å²) >= 11 is 6.37. The summed E-state index contributed by atoms with van der Waals surface area (Å²) in [4.78, 5) is 39.0. The van der Waals surface area contributed by atoms with Crippen LogP contribution in [-0.4, -0.2) is 40.7 Å². The number of fused-ring (bicyclic) bond motifs is 5. The van der Waals surface area contributed by atoms with Gasteiger partial charge in [0.15, 0.2) is 0 Å². The van der Waals surface area contributed by atoms with Gasteiger partial charge in [0.25, 0.3) is 5.56 Å². The normalized spacial score (nSPS) is 19.7. The van der Waals surface area contributed by atoms with Gasteiger partial charge in [-0.1, -0.05) is 17.7 Å². The molecule has 1 aromatic carbocycles. The number of phenols is 1. The van der Waals surface area contributed by atoms with Gasteiger partial charge in [-0.3, -0.25) is 14.5 Å². The summed E-state index contributed by atoms with van der Waals surface area (Å²) in [7, 11) is 1.26. The maximum absolute atomic E-state index is 12.7. The first kappa shape index (κ1) is 22.7. The molecule has 0 aliphatic carbocycles. The predicted molar refractivity (Wildman–Crippen MR) is 126 cm³/mol. The molecule has 0 spiro atoms. The second kappa shape index (κ2) is 8.60. The summed E-state index contributed by atoms with van der Waals surface area (Å²) in [6.45, 7) is 4.18. The summed E-state index contributed by atoms with van der Waals surface area (Å²) in [6, 6.07) is 6.95. The summed E-state index contributed by atoms with van der Waals surface area (Å²) < 4.78 is 12.2. The molecule has 4 heterocycles. The van der Waals surface area contributed by atoms with Gasteiger partial charge in [-0.25, -0.2) is 4.79 Å². The molecule has 1 saturated heterocycles. The quantitative estimate of drug-likeness (QED) is 0.448. The smallest absolute Gasteiger partial charge is 0.340 e. The van der Waals surface area contributed by atoms with Gasteiger partial charge in [0.05, 0.1) is 29.7 Å². The van der Waals surface area contributed by atoms with Crippen molar-refractivity contribution in [2.45, 2.75) is 38.8 Å². The van der Waals surface area contributed by atoms with Crippen molar-refractivity contribution < 1.29 is 19.1 Å². The predicted octanol–water partition coefficient (Wildman–Crippen LogP) is 2.96. The molecule has 1 fully saturated rings. The third-order valence-corrected chi connectivity index (χ3v) is 7.37. The number of ether oxygens (including phenoxy) is 1. The molecule has 5 rings (SSSR count). The van der Waals surface area contributed by atoms with E-state index in [1.807, 2.05) is 10.6 Å². The minimum atomic E-state index is -0.637. The number of nitrogens with zero attached hydrogens (tertiary/aromatic N) is 2. The van der Waals surface area contributed by atoms with E-state index in [0.29, 0.717) is 42.1 Å². The molecule has 2 unspecified atom stereocenters. The molecular weight excluding hydrogens is 460 g/mol. The molecular formula is C25H25ClN2O6. The molecule has 34 heavy (non-hydrogen) atoms. The number of halogens is 1. The van der Waals surface area contributed by atoms with Crippen LogP contribution in [0.3, 0.4) is 0 Å². The summed E-state index contributed by atoms with van der Waals surface area (Å²) in [5, 5.41) is 11.5. The highest BCUT2D eigenvalue weighted by Crippen LogP contribution is 2.40. The Hall–Kier alpha value is -3.10. The zero-order chi connectivity index (χ0) is 24.1. The van der Waals surface area contributed by atoms with Crippen LogP contribution in [0.5, 0.6) is 5.75 Å². The van der Waals surface area contributed by atoms with Gasteiger partial charge in [0, 0.05) is 49.2 Å². The number of carbonyl (C=O) groups excluding carboxylic acids is 1. The lowest BCUT2D eigenvalue weighted by atomic mass is 9.83. The molecule has 2 atom stereocenters. The van der Waals surface area contributed by atoms with E-state index in [4.69, 9.17) is 20.8 Å². The molecule has 2 bridgehead atoms. The number of benzene rings is 1. The van der Waals surface area contributed by atoms with E-state index in [1.54, 1.807) is 25.1 Å². The molecule has 1 N–H and O–H groups in total. The average Bonchev–Trinajstić information content (AvgIpc) is 2.81. The SMILES string of the molecule is COC(=O)Cc1c(C)c2cc(Cl)c(O)c(CN3CC4CC(C3)c3cccc(=O)n3C4)c2oc1=O. The first-order valence-corrected chi connectivity index (χ1v) is 11.6. The molecule has 3 aromatic rings. The van der Waals surface area contributed by atoms with Crippen molar-refractivity contribution in [2.24, 2.45) is 5.92 Å². The number of phenolic OH excluding ortho intramolecular Hbond substituents is 1. The van der Waals surface area contributed by atoms with Crippen molar-refractivity contribution in [2.75, 3.05) is 20.2 Å². The van der Waals surface area contributed by atoms with Gasteiger partial charge in [-0.05, 0) is 37.0 Å². The standard InChI is InChI=1S/C25H25ClN2O6/c1-13-16-7-19(26)23(31)18(24(16)34-25(32)17(13)8-22(30)33-2)12-27-9-14-6-15(11-27)20-4-3-5-21(29)28(20)10-14/h3-5,7,14-15,31H,6,8-12H2,1-2H3. The number of rotatable bonds is 4. The van der Waals surface area contributed by atoms with Crippen molar-refractivity contribution >= 4 is 28.5 Å². The number of aryl methyl sites for hydroxylation is 1. The van der Waals surface area contributed by atoms with Crippen LogP contribution < -0.4 is 11.2 Å². The number of methoxy groups -OCH3 is 1. The van der Waals surface area contributed by atoms with Crippen LogP contribution in [-0.2, 0) is 29.0 Å². The molecule has 178 valence electrons. The number of aromatic nitrogens is 1. The molecule has 2 aliphatic heterocycles. The van der Waals surface area contributed by atoms with Crippen molar-refractivity contribution in [3.05, 3.63) is 72.4 Å². The summed E-state index contributed by atoms with van der Waals surface area (Å²) in [5.41, 5.74) is 1.91. The molecule has 2 aliphatic rings. The maximum Gasteiger partial charge on any atom is 0.340 e. The highest BCUT2D eigenvalue weighted by Gasteiger charge is 2.35. The Morgan fingerprint density at radius 3 is 2.79 bits per heavy atom. The van der Waals surface area contributed by atoms with Crippen LogP contribution in [0.4, 0.5) is 0 Å². The van der Waals surface area contributed by atoms with E-state index in [1.165, 1.54) is 7.11 Å². The van der Waals surface area contributed by atoms with Crippen molar-refractivity contribution in [3.8, 4) is 5.75 Å². The van der Waals surface area contributed by atoms with Gasteiger partial charge in [0.2, 0.25) is 0 Å². The minimum Gasteiger partial charge on any atom is -0.506 e. The van der Waals surface area contributed by atoms with Crippen LogP contribution >= 0.6 is 11.6 Å². The van der Waals surface area contributed by atoms with E-state index < -0.39 is 11.6 Å². The molecule has 9 heteroatoms. The van der Waals surface area contributed by atoms with Gasteiger partial charge in [-0.15, -0.1) is 0 Å². The Bertz CT molecular complexity index is 1430. The Morgan fingerprint density at radius 1 is 1.24 bits per heavy atom. The van der Waals surface area contributed by atoms with Crippen LogP contribution in [0.1, 0.15) is 34.7 Å². The fourth-order valence-corrected chi connectivity index (χ4v) is 5.68. The zero-order valence-electron chi connectivity index (χ0n) is 19.0. The second-order valence-electron chi connectivity index (χ2n) is 9.20. The van der Waals surface area contributed by atoms with Gasteiger partial charge in [-0.2, -0.15) is 0 Å². The largest absolute Gasteiger partial charge is 0.506 e. The van der Waals surface area contributed by atoms with Crippen LogP contribution in [0.15, 0.2) is 38.3 Å². The number of likely N-dealkylation sites (tertiary alicyclic amines) is 1. The first-order valence-electron chi connectivity index (χ1n) is 11.2. The second-order valence-corrected chi connectivity index (χ2v) is 9.61. The minimum absolute atomic E-state index is 0.0270. The number of carbonyl (C=O) groups is 1. The topological polar surface area (TPSA) is 102 Å². The molecule has 0 radical (unpaired) electrons. The number of esters is 1. The molecule has 8 nitrogen and oxygen atoms in total. The fourth-order valence-electron chi connectivity index (χ4n) is 5.46. The third-order valence-electron chi connectivity index (χ3n) is 7.09. The summed E-state index contributed by atoms with van der Waals surface area (Å²) in [6.07, 6.45) is 0.802. The number of aromatic hydroxyl groups is 1. The van der Waals surface area contributed by atoms with E-state index in [2.05, 4.69) is 4.90 Å². The lowest BCUT2D eigenvalue weighted by Crippen LogP contribution is -2.46. The van der Waals surface area contributed by atoms with Crippen molar-refractivity contribution in [3.63, 3.8) is 0 Å². The molecule has 2 aromatic heterocycles. The van der Waals surface area contributed by atoms with Crippen molar-refractivity contribution in [1.29, 1.82) is 0 Å². The highest BCUT2D eigenvalue weighted by atomic mass is 35.5. The Kier molecular flexibility index (Phi) is 5.73. The fraction of sp³-hybridized carbons (Fsp3) is 0.400. The van der Waals surface area contributed by atoms with E-state index in [0.717, 1.165) is 18.7 Å². The number of piperidine rings is 1. The molecule has 0 saturated carbocycles. The highest BCUT2D eigenvalue weighted by molar-refractivity contribution is 6.33. The maximum atomic E-state index is 12.7. The third kappa shape index (κ3) is 3.80. The Labute approximate surface area is 200 Å². The Morgan fingerprint density at radius 2 is 2.03 bits per heavy atom. The van der Waals surface area contributed by atoms with E-state index in [9.17, 15) is 19.5 Å². The zero-order valence-corrected chi connectivity index (χ0v) is 19.7.